The molecule has 17 heavy (non-hydrogen) atoms. The molecular weight excluding hydrogens is 217 g/mol. The Morgan fingerprint density at radius 1 is 1.29 bits per heavy atom. The van der Waals surface area contributed by atoms with Gasteiger partial charge in [0.25, 0.3) is 0 Å². The van der Waals surface area contributed by atoms with Gasteiger partial charge in [-0.05, 0) is 37.5 Å². The number of nitrogens with two attached hydrogens (primary N) is 1. The molecule has 1 aliphatic rings. The summed E-state index contributed by atoms with van der Waals surface area (Å²) in [5.41, 5.74) is 6.92. The zero-order valence-electron chi connectivity index (χ0n) is 10.3. The molecule has 0 bridgehead atoms. The van der Waals surface area contributed by atoms with Gasteiger partial charge in [-0.25, -0.2) is 4.39 Å². The summed E-state index contributed by atoms with van der Waals surface area (Å²) in [6, 6.07) is 5.13. The number of ether oxygens (including phenoxy) is 1. The van der Waals surface area contributed by atoms with E-state index in [0.29, 0.717) is 12.4 Å². The molecule has 0 saturated heterocycles. The van der Waals surface area contributed by atoms with Gasteiger partial charge in [0.05, 0.1) is 6.61 Å². The SMILES string of the molecule is CCOc1ccc(C2(N)CCCCC2)cc1F. The summed E-state index contributed by atoms with van der Waals surface area (Å²) in [6.45, 7) is 2.32. The Balaban J connectivity index is 2.24. The summed E-state index contributed by atoms with van der Waals surface area (Å²) in [6.07, 6.45) is 5.38. The molecule has 2 N–H and O–H groups in total. The Hall–Kier alpha value is -1.09. The van der Waals surface area contributed by atoms with Gasteiger partial charge < -0.3 is 10.5 Å². The second-order valence-electron chi connectivity index (χ2n) is 4.80. The van der Waals surface area contributed by atoms with Crippen LogP contribution >= 0.6 is 0 Å². The van der Waals surface area contributed by atoms with Crippen molar-refractivity contribution in [2.45, 2.75) is 44.6 Å². The van der Waals surface area contributed by atoms with E-state index in [-0.39, 0.29) is 11.4 Å². The third-order valence-corrected chi connectivity index (χ3v) is 3.55. The lowest BCUT2D eigenvalue weighted by Gasteiger charge is -2.34. The van der Waals surface area contributed by atoms with E-state index in [9.17, 15) is 4.39 Å². The monoisotopic (exact) mass is 237 g/mol. The predicted molar refractivity (Wildman–Crippen MR) is 66.5 cm³/mol. The number of benzene rings is 1. The fourth-order valence-corrected chi connectivity index (χ4v) is 2.55. The van der Waals surface area contributed by atoms with E-state index in [4.69, 9.17) is 10.5 Å². The first-order valence-electron chi connectivity index (χ1n) is 6.37. The number of rotatable bonds is 3. The maximum atomic E-state index is 13.8. The van der Waals surface area contributed by atoms with Crippen molar-refractivity contribution in [2.75, 3.05) is 6.61 Å². The van der Waals surface area contributed by atoms with Crippen LogP contribution in [-0.2, 0) is 5.54 Å². The standard InChI is InChI=1S/C14H20FNO/c1-2-17-13-7-6-11(10-12(13)15)14(16)8-4-3-5-9-14/h6-7,10H,2-5,8-9,16H2,1H3. The fraction of sp³-hybridized carbons (Fsp3) is 0.571. The Morgan fingerprint density at radius 2 is 2.00 bits per heavy atom. The van der Waals surface area contributed by atoms with Crippen LogP contribution in [0, 0.1) is 5.82 Å². The maximum absolute atomic E-state index is 13.8. The molecule has 94 valence electrons. The Morgan fingerprint density at radius 3 is 2.59 bits per heavy atom. The van der Waals surface area contributed by atoms with Gasteiger partial charge in [0.1, 0.15) is 0 Å². The summed E-state index contributed by atoms with van der Waals surface area (Å²) in [5, 5.41) is 0. The largest absolute Gasteiger partial charge is 0.491 e. The Kier molecular flexibility index (Phi) is 3.67. The minimum atomic E-state index is -0.343. The molecule has 0 aromatic heterocycles. The molecule has 1 aromatic rings. The van der Waals surface area contributed by atoms with Gasteiger partial charge in [0, 0.05) is 5.54 Å². The lowest BCUT2D eigenvalue weighted by Crippen LogP contribution is -2.38. The number of hydrogen-bond donors (Lipinski definition) is 1. The van der Waals surface area contributed by atoms with Crippen molar-refractivity contribution in [3.8, 4) is 5.75 Å². The summed E-state index contributed by atoms with van der Waals surface area (Å²) >= 11 is 0. The molecule has 1 aromatic carbocycles. The Bertz CT molecular complexity index is 386. The van der Waals surface area contributed by atoms with Crippen LogP contribution < -0.4 is 10.5 Å². The molecule has 0 heterocycles. The van der Waals surface area contributed by atoms with Gasteiger partial charge in [-0.1, -0.05) is 25.3 Å². The fourth-order valence-electron chi connectivity index (χ4n) is 2.55. The predicted octanol–water partition coefficient (Wildman–Crippen LogP) is 3.34. The maximum Gasteiger partial charge on any atom is 0.165 e. The van der Waals surface area contributed by atoms with Crippen molar-refractivity contribution >= 4 is 0 Å². The zero-order valence-corrected chi connectivity index (χ0v) is 10.3. The molecule has 0 amide bonds. The van der Waals surface area contributed by atoms with Crippen LogP contribution in [0.3, 0.4) is 0 Å². The lowest BCUT2D eigenvalue weighted by molar-refractivity contribution is 0.297. The molecule has 1 saturated carbocycles. The molecule has 2 rings (SSSR count). The lowest BCUT2D eigenvalue weighted by atomic mass is 9.77. The highest BCUT2D eigenvalue weighted by atomic mass is 19.1. The molecule has 1 aliphatic carbocycles. The van der Waals surface area contributed by atoms with E-state index < -0.39 is 0 Å². The van der Waals surface area contributed by atoms with Crippen molar-refractivity contribution in [1.82, 2.24) is 0 Å². The highest BCUT2D eigenvalue weighted by Crippen LogP contribution is 2.36. The summed E-state index contributed by atoms with van der Waals surface area (Å²) in [5.74, 6) is 0.00964. The second kappa shape index (κ2) is 5.05. The normalized spacial score (nSPS) is 19.0. The van der Waals surface area contributed by atoms with Gasteiger partial charge in [0.2, 0.25) is 0 Å². The summed E-state index contributed by atoms with van der Waals surface area (Å²) in [4.78, 5) is 0. The summed E-state index contributed by atoms with van der Waals surface area (Å²) in [7, 11) is 0. The van der Waals surface area contributed by atoms with Crippen LogP contribution in [0.25, 0.3) is 0 Å². The van der Waals surface area contributed by atoms with Crippen LogP contribution in [0.2, 0.25) is 0 Å². The molecule has 1 fully saturated rings. The minimum Gasteiger partial charge on any atom is -0.491 e. The van der Waals surface area contributed by atoms with Crippen molar-refractivity contribution in [3.05, 3.63) is 29.6 Å². The van der Waals surface area contributed by atoms with Gasteiger partial charge in [-0.2, -0.15) is 0 Å². The topological polar surface area (TPSA) is 35.2 Å². The van der Waals surface area contributed by atoms with Crippen molar-refractivity contribution < 1.29 is 9.13 Å². The van der Waals surface area contributed by atoms with E-state index in [1.165, 1.54) is 12.5 Å². The second-order valence-corrected chi connectivity index (χ2v) is 4.80. The quantitative estimate of drug-likeness (QED) is 0.875. The van der Waals surface area contributed by atoms with Crippen LogP contribution in [0.15, 0.2) is 18.2 Å². The van der Waals surface area contributed by atoms with E-state index in [0.717, 1.165) is 31.2 Å². The van der Waals surface area contributed by atoms with E-state index in [2.05, 4.69) is 0 Å². The smallest absolute Gasteiger partial charge is 0.165 e. The molecule has 0 unspecified atom stereocenters. The van der Waals surface area contributed by atoms with Crippen LogP contribution in [0.1, 0.15) is 44.6 Å². The first kappa shape index (κ1) is 12.4. The third-order valence-electron chi connectivity index (χ3n) is 3.55. The zero-order chi connectivity index (χ0) is 12.3. The van der Waals surface area contributed by atoms with E-state index in [1.54, 1.807) is 6.07 Å². The van der Waals surface area contributed by atoms with Crippen LogP contribution in [0.4, 0.5) is 4.39 Å². The molecule has 0 atom stereocenters. The first-order chi connectivity index (χ1) is 8.15. The Labute approximate surface area is 102 Å². The minimum absolute atomic E-state index is 0.306. The average Bonchev–Trinajstić information content (AvgIpc) is 2.33. The molecule has 0 aliphatic heterocycles. The molecule has 0 radical (unpaired) electrons. The first-order valence-corrected chi connectivity index (χ1v) is 6.37. The van der Waals surface area contributed by atoms with Crippen molar-refractivity contribution in [3.63, 3.8) is 0 Å². The van der Waals surface area contributed by atoms with Crippen LogP contribution in [-0.4, -0.2) is 6.61 Å². The number of hydrogen-bond acceptors (Lipinski definition) is 2. The molecular formula is C14H20FNO. The summed E-state index contributed by atoms with van der Waals surface area (Å²) < 4.78 is 19.0. The van der Waals surface area contributed by atoms with Crippen molar-refractivity contribution in [2.24, 2.45) is 5.73 Å². The highest BCUT2D eigenvalue weighted by Gasteiger charge is 2.29. The molecule has 2 nitrogen and oxygen atoms in total. The van der Waals surface area contributed by atoms with Gasteiger partial charge in [-0.3, -0.25) is 0 Å². The van der Waals surface area contributed by atoms with Gasteiger partial charge in [0.15, 0.2) is 11.6 Å². The highest BCUT2D eigenvalue weighted by molar-refractivity contribution is 5.33. The van der Waals surface area contributed by atoms with Gasteiger partial charge >= 0.3 is 0 Å². The molecule has 3 heteroatoms. The average molecular weight is 237 g/mol. The van der Waals surface area contributed by atoms with E-state index in [1.807, 2.05) is 13.0 Å². The molecule has 0 spiro atoms. The third kappa shape index (κ3) is 2.60. The van der Waals surface area contributed by atoms with Crippen LogP contribution in [0.5, 0.6) is 5.75 Å². The number of halogens is 1. The van der Waals surface area contributed by atoms with E-state index >= 15 is 0 Å². The van der Waals surface area contributed by atoms with Crippen molar-refractivity contribution in [1.29, 1.82) is 0 Å². The van der Waals surface area contributed by atoms with Gasteiger partial charge in [-0.15, -0.1) is 0 Å².